The standard InChI is InChI=1S/C26H43N7O6/c1-14(2)12-19(32-24(37)21(27)15(3)4)23(36)31-18(6-5-11-30-26(28)29)22(35)33-20(25(38)39)13-16-7-9-17(34)10-8-16/h7-10,14-15,18-21,34H,5-6,11-13,27H2,1-4H3,(H,31,36)(H,32,37)(H,33,35)(H,38,39)(H4,28,29,30). The van der Waals surface area contributed by atoms with Gasteiger partial charge in [-0.3, -0.25) is 19.4 Å². The highest BCUT2D eigenvalue weighted by molar-refractivity contribution is 5.94. The van der Waals surface area contributed by atoms with E-state index in [4.69, 9.17) is 17.2 Å². The number of aromatic hydroxyl groups is 1. The fourth-order valence-electron chi connectivity index (χ4n) is 3.66. The Morgan fingerprint density at radius 3 is 1.92 bits per heavy atom. The van der Waals surface area contributed by atoms with Crippen LogP contribution in [0, 0.1) is 11.8 Å². The molecule has 0 aromatic heterocycles. The average Bonchev–Trinajstić information content (AvgIpc) is 2.84. The van der Waals surface area contributed by atoms with Crippen molar-refractivity contribution in [3.05, 3.63) is 29.8 Å². The number of nitrogens with zero attached hydrogens (tertiary/aromatic N) is 1. The first kappa shape index (κ1) is 33.2. The normalized spacial score (nSPS) is 14.1. The van der Waals surface area contributed by atoms with Crippen molar-refractivity contribution < 1.29 is 29.4 Å². The molecule has 4 atom stereocenters. The number of benzene rings is 1. The van der Waals surface area contributed by atoms with Gasteiger partial charge in [-0.2, -0.15) is 0 Å². The van der Waals surface area contributed by atoms with Crippen molar-refractivity contribution in [2.24, 2.45) is 34.0 Å². The lowest BCUT2D eigenvalue weighted by atomic mass is 9.99. The topological polar surface area (TPSA) is 235 Å². The van der Waals surface area contributed by atoms with Crippen molar-refractivity contribution >= 4 is 29.7 Å². The molecular weight excluding hydrogens is 506 g/mol. The SMILES string of the molecule is CC(C)CC(NC(=O)C(N)C(C)C)C(=O)NC(CCCN=C(N)N)C(=O)NC(Cc1ccc(O)cc1)C(=O)O. The molecule has 13 nitrogen and oxygen atoms in total. The van der Waals surface area contributed by atoms with Gasteiger partial charge in [-0.1, -0.05) is 39.8 Å². The highest BCUT2D eigenvalue weighted by atomic mass is 16.4. The molecule has 0 aliphatic carbocycles. The Balaban J connectivity index is 3.10. The van der Waals surface area contributed by atoms with Gasteiger partial charge in [0.25, 0.3) is 0 Å². The fraction of sp³-hybridized carbons (Fsp3) is 0.577. The molecule has 11 N–H and O–H groups in total. The molecule has 0 heterocycles. The second-order valence-corrected chi connectivity index (χ2v) is 10.2. The van der Waals surface area contributed by atoms with Gasteiger partial charge in [0.15, 0.2) is 5.96 Å². The summed E-state index contributed by atoms with van der Waals surface area (Å²) in [7, 11) is 0. The maximum atomic E-state index is 13.3. The van der Waals surface area contributed by atoms with Gasteiger partial charge in [-0.25, -0.2) is 4.79 Å². The average molecular weight is 550 g/mol. The molecule has 39 heavy (non-hydrogen) atoms. The van der Waals surface area contributed by atoms with Crippen LogP contribution in [0.25, 0.3) is 0 Å². The zero-order valence-corrected chi connectivity index (χ0v) is 23.0. The molecule has 4 unspecified atom stereocenters. The number of nitrogens with two attached hydrogens (primary N) is 3. The van der Waals surface area contributed by atoms with E-state index in [9.17, 15) is 29.4 Å². The maximum Gasteiger partial charge on any atom is 0.326 e. The largest absolute Gasteiger partial charge is 0.508 e. The van der Waals surface area contributed by atoms with E-state index < -0.39 is 47.9 Å². The van der Waals surface area contributed by atoms with Gasteiger partial charge in [-0.05, 0) is 48.8 Å². The van der Waals surface area contributed by atoms with Crippen LogP contribution >= 0.6 is 0 Å². The van der Waals surface area contributed by atoms with Crippen LogP contribution in [0.2, 0.25) is 0 Å². The molecule has 3 amide bonds. The second-order valence-electron chi connectivity index (χ2n) is 10.2. The number of phenols is 1. The smallest absolute Gasteiger partial charge is 0.326 e. The lowest BCUT2D eigenvalue weighted by molar-refractivity contribution is -0.142. The van der Waals surface area contributed by atoms with Crippen molar-refractivity contribution in [3.8, 4) is 5.75 Å². The summed E-state index contributed by atoms with van der Waals surface area (Å²) >= 11 is 0. The molecule has 1 aromatic carbocycles. The molecule has 13 heteroatoms. The van der Waals surface area contributed by atoms with E-state index in [1.807, 2.05) is 13.8 Å². The number of nitrogens with one attached hydrogen (secondary N) is 3. The third-order valence-corrected chi connectivity index (χ3v) is 5.93. The van der Waals surface area contributed by atoms with Crippen LogP contribution in [-0.4, -0.2) is 70.6 Å². The zero-order chi connectivity index (χ0) is 29.7. The number of aliphatic carboxylic acids is 1. The number of carboxylic acids is 1. The third kappa shape index (κ3) is 12.5. The van der Waals surface area contributed by atoms with Crippen LogP contribution in [0.5, 0.6) is 5.75 Å². The van der Waals surface area contributed by atoms with Gasteiger partial charge in [0.2, 0.25) is 17.7 Å². The van der Waals surface area contributed by atoms with Crippen molar-refractivity contribution in [2.75, 3.05) is 6.54 Å². The Bertz CT molecular complexity index is 993. The van der Waals surface area contributed by atoms with Crippen molar-refractivity contribution in [2.45, 2.75) is 77.5 Å². The number of hydrogen-bond acceptors (Lipinski definition) is 7. The molecule has 0 spiro atoms. The number of carboxylic acid groups (broad SMARTS) is 1. The highest BCUT2D eigenvalue weighted by Gasteiger charge is 2.31. The molecule has 0 aliphatic rings. The first-order valence-corrected chi connectivity index (χ1v) is 12.9. The summed E-state index contributed by atoms with van der Waals surface area (Å²) in [6.07, 6.45) is 0.664. The fourth-order valence-corrected chi connectivity index (χ4v) is 3.66. The lowest BCUT2D eigenvalue weighted by Crippen LogP contribution is -2.58. The lowest BCUT2D eigenvalue weighted by Gasteiger charge is -2.26. The Labute approximate surface area is 229 Å². The van der Waals surface area contributed by atoms with Gasteiger partial charge in [-0.15, -0.1) is 0 Å². The summed E-state index contributed by atoms with van der Waals surface area (Å²) in [5, 5.41) is 27.0. The molecule has 1 aromatic rings. The Kier molecular flexibility index (Phi) is 13.7. The van der Waals surface area contributed by atoms with Crippen molar-refractivity contribution in [1.29, 1.82) is 0 Å². The number of rotatable bonds is 16. The quantitative estimate of drug-likeness (QED) is 0.0756. The van der Waals surface area contributed by atoms with Crippen LogP contribution in [0.15, 0.2) is 29.3 Å². The highest BCUT2D eigenvalue weighted by Crippen LogP contribution is 2.12. The van der Waals surface area contributed by atoms with E-state index in [2.05, 4.69) is 20.9 Å². The summed E-state index contributed by atoms with van der Waals surface area (Å²) in [6, 6.07) is 1.73. The van der Waals surface area contributed by atoms with Crippen LogP contribution in [0.3, 0.4) is 0 Å². The molecular formula is C26H43N7O6. The first-order chi connectivity index (χ1) is 18.2. The summed E-state index contributed by atoms with van der Waals surface area (Å²) in [4.78, 5) is 54.8. The van der Waals surface area contributed by atoms with Crippen LogP contribution in [-0.2, 0) is 25.6 Å². The summed E-state index contributed by atoms with van der Waals surface area (Å²) < 4.78 is 0. The first-order valence-electron chi connectivity index (χ1n) is 12.9. The molecule has 218 valence electrons. The molecule has 0 radical (unpaired) electrons. The predicted molar refractivity (Wildman–Crippen MR) is 147 cm³/mol. The molecule has 0 saturated carbocycles. The Hall–Kier alpha value is -3.87. The van der Waals surface area contributed by atoms with Crippen molar-refractivity contribution in [1.82, 2.24) is 16.0 Å². The Morgan fingerprint density at radius 2 is 1.41 bits per heavy atom. The monoisotopic (exact) mass is 549 g/mol. The molecule has 0 fully saturated rings. The van der Waals surface area contributed by atoms with Gasteiger partial charge >= 0.3 is 5.97 Å². The predicted octanol–water partition coefficient (Wildman–Crippen LogP) is -0.443. The Morgan fingerprint density at radius 1 is 0.872 bits per heavy atom. The van der Waals surface area contributed by atoms with Gasteiger partial charge in [0, 0.05) is 13.0 Å². The van der Waals surface area contributed by atoms with E-state index in [0.717, 1.165) is 0 Å². The van der Waals surface area contributed by atoms with Gasteiger partial charge < -0.3 is 43.4 Å². The van der Waals surface area contributed by atoms with Crippen LogP contribution < -0.4 is 33.2 Å². The second kappa shape index (κ2) is 16.2. The molecule has 0 saturated heterocycles. The number of guanidine groups is 1. The number of carbonyl (C=O) groups excluding carboxylic acids is 3. The molecule has 0 aliphatic heterocycles. The molecule has 0 bridgehead atoms. The van der Waals surface area contributed by atoms with E-state index in [0.29, 0.717) is 18.4 Å². The van der Waals surface area contributed by atoms with Gasteiger partial charge in [0.1, 0.15) is 23.9 Å². The minimum absolute atomic E-state index is 0.0237. The van der Waals surface area contributed by atoms with Gasteiger partial charge in [0.05, 0.1) is 6.04 Å². The molecule has 1 rings (SSSR count). The van der Waals surface area contributed by atoms with E-state index in [1.54, 1.807) is 26.0 Å². The minimum Gasteiger partial charge on any atom is -0.508 e. The van der Waals surface area contributed by atoms with E-state index >= 15 is 0 Å². The summed E-state index contributed by atoms with van der Waals surface area (Å²) in [5.74, 6) is -3.28. The van der Waals surface area contributed by atoms with Crippen LogP contribution in [0.4, 0.5) is 0 Å². The zero-order valence-electron chi connectivity index (χ0n) is 23.0. The van der Waals surface area contributed by atoms with E-state index in [-0.39, 0.29) is 42.9 Å². The van der Waals surface area contributed by atoms with E-state index in [1.165, 1.54) is 12.1 Å². The number of hydrogen-bond donors (Lipinski definition) is 8. The summed E-state index contributed by atoms with van der Waals surface area (Å²) in [6.45, 7) is 7.53. The minimum atomic E-state index is -1.30. The summed E-state index contributed by atoms with van der Waals surface area (Å²) in [5.41, 5.74) is 17.2. The maximum absolute atomic E-state index is 13.3. The van der Waals surface area contributed by atoms with Crippen molar-refractivity contribution in [3.63, 3.8) is 0 Å². The number of carbonyl (C=O) groups is 4. The van der Waals surface area contributed by atoms with Crippen LogP contribution in [0.1, 0.15) is 52.5 Å². The number of aliphatic imine (C=N–C) groups is 1. The number of amides is 3. The third-order valence-electron chi connectivity index (χ3n) is 5.93. The number of phenolic OH excluding ortho intramolecular Hbond substituents is 1.